The van der Waals surface area contributed by atoms with Crippen molar-refractivity contribution in [3.8, 4) is 5.75 Å². The van der Waals surface area contributed by atoms with Gasteiger partial charge in [-0.25, -0.2) is 4.79 Å². The number of rotatable bonds is 12. The number of carbonyl (C=O) groups excluding carboxylic acids is 2. The SMILES string of the molecule is CCOCCn1c(=NC(=O)CCCSc2ccc(OC)cc2)sc2cc(C(=O)OCC)ccc21. The Bertz CT molecular complexity index is 1170. The number of thioether (sulfide) groups is 1. The zero-order valence-corrected chi connectivity index (χ0v) is 21.4. The van der Waals surface area contributed by atoms with Gasteiger partial charge in [0.25, 0.3) is 0 Å². The molecule has 0 unspecified atom stereocenters. The van der Waals surface area contributed by atoms with Crippen LogP contribution in [0.4, 0.5) is 0 Å². The second-order valence-corrected chi connectivity index (χ2v) is 9.45. The Kier molecular flexibility index (Phi) is 10.2. The van der Waals surface area contributed by atoms with Crippen LogP contribution in [-0.4, -0.2) is 49.1 Å². The molecule has 9 heteroatoms. The molecule has 7 nitrogen and oxygen atoms in total. The maximum absolute atomic E-state index is 12.6. The van der Waals surface area contributed by atoms with Crippen molar-refractivity contribution in [1.82, 2.24) is 4.57 Å². The number of esters is 1. The lowest BCUT2D eigenvalue weighted by Crippen LogP contribution is -2.19. The molecule has 0 bridgehead atoms. The summed E-state index contributed by atoms with van der Waals surface area (Å²) in [5.41, 5.74) is 1.40. The molecule has 0 saturated heterocycles. The number of fused-ring (bicyclic) bond motifs is 1. The van der Waals surface area contributed by atoms with Crippen LogP contribution < -0.4 is 9.54 Å². The standard InChI is InChI=1S/C25H30N2O5S2/c1-4-31-15-14-27-21-13-8-18(24(29)32-5-2)17-22(21)34-25(27)26-23(28)7-6-16-33-20-11-9-19(30-3)10-12-20/h8-13,17H,4-7,14-16H2,1-3H3. The molecule has 1 heterocycles. The molecule has 182 valence electrons. The smallest absolute Gasteiger partial charge is 0.338 e. The van der Waals surface area contributed by atoms with Crippen LogP contribution in [0.5, 0.6) is 5.75 Å². The lowest BCUT2D eigenvalue weighted by atomic mass is 10.2. The van der Waals surface area contributed by atoms with E-state index in [0.29, 0.717) is 43.2 Å². The Labute approximate surface area is 207 Å². The van der Waals surface area contributed by atoms with E-state index in [0.717, 1.165) is 33.0 Å². The molecule has 34 heavy (non-hydrogen) atoms. The van der Waals surface area contributed by atoms with Crippen molar-refractivity contribution < 1.29 is 23.8 Å². The predicted molar refractivity (Wildman–Crippen MR) is 136 cm³/mol. The third kappa shape index (κ3) is 7.19. The van der Waals surface area contributed by atoms with E-state index in [-0.39, 0.29) is 11.9 Å². The van der Waals surface area contributed by atoms with Crippen LogP contribution in [0.1, 0.15) is 37.0 Å². The fraction of sp³-hybridized carbons (Fsp3) is 0.400. The van der Waals surface area contributed by atoms with Crippen molar-refractivity contribution in [1.29, 1.82) is 0 Å². The fourth-order valence-electron chi connectivity index (χ4n) is 3.26. The van der Waals surface area contributed by atoms with Crippen LogP contribution in [0.15, 0.2) is 52.4 Å². The summed E-state index contributed by atoms with van der Waals surface area (Å²) in [6.07, 6.45) is 1.10. The minimum absolute atomic E-state index is 0.155. The minimum Gasteiger partial charge on any atom is -0.497 e. The van der Waals surface area contributed by atoms with Gasteiger partial charge in [0.2, 0.25) is 5.91 Å². The maximum atomic E-state index is 12.6. The first-order chi connectivity index (χ1) is 16.5. The lowest BCUT2D eigenvalue weighted by Gasteiger charge is -2.06. The maximum Gasteiger partial charge on any atom is 0.338 e. The Hall–Kier alpha value is -2.62. The summed E-state index contributed by atoms with van der Waals surface area (Å²) >= 11 is 3.10. The van der Waals surface area contributed by atoms with Gasteiger partial charge in [0.15, 0.2) is 4.80 Å². The van der Waals surface area contributed by atoms with Crippen LogP contribution in [0.25, 0.3) is 10.2 Å². The summed E-state index contributed by atoms with van der Waals surface area (Å²) in [6, 6.07) is 13.3. The molecule has 0 atom stereocenters. The predicted octanol–water partition coefficient (Wildman–Crippen LogP) is 4.92. The number of methoxy groups -OCH3 is 1. The van der Waals surface area contributed by atoms with Crippen molar-refractivity contribution in [2.75, 3.05) is 32.7 Å². The topological polar surface area (TPSA) is 79.1 Å². The molecule has 0 spiro atoms. The molecule has 0 radical (unpaired) electrons. The average molecular weight is 503 g/mol. The quantitative estimate of drug-likeness (QED) is 0.199. The van der Waals surface area contributed by atoms with Crippen molar-refractivity contribution in [3.63, 3.8) is 0 Å². The molecule has 2 aromatic carbocycles. The van der Waals surface area contributed by atoms with E-state index in [1.54, 1.807) is 37.9 Å². The van der Waals surface area contributed by atoms with Gasteiger partial charge in [-0.15, -0.1) is 11.8 Å². The fourth-order valence-corrected chi connectivity index (χ4v) is 5.23. The van der Waals surface area contributed by atoms with E-state index in [9.17, 15) is 9.59 Å². The van der Waals surface area contributed by atoms with Crippen LogP contribution in [0.3, 0.4) is 0 Å². The largest absolute Gasteiger partial charge is 0.497 e. The number of benzene rings is 2. The Balaban J connectivity index is 1.71. The summed E-state index contributed by atoms with van der Waals surface area (Å²) in [5.74, 6) is 1.14. The Morgan fingerprint density at radius 1 is 1.09 bits per heavy atom. The first-order valence-electron chi connectivity index (χ1n) is 11.3. The summed E-state index contributed by atoms with van der Waals surface area (Å²) in [5, 5.41) is 0. The molecule has 0 N–H and O–H groups in total. The molecular formula is C25H30N2O5S2. The van der Waals surface area contributed by atoms with Gasteiger partial charge in [0, 0.05) is 24.5 Å². The third-order valence-electron chi connectivity index (χ3n) is 4.94. The minimum atomic E-state index is -0.359. The van der Waals surface area contributed by atoms with Crippen molar-refractivity contribution in [3.05, 3.63) is 52.8 Å². The first-order valence-corrected chi connectivity index (χ1v) is 13.1. The van der Waals surface area contributed by atoms with Gasteiger partial charge in [-0.3, -0.25) is 4.79 Å². The second-order valence-electron chi connectivity index (χ2n) is 7.27. The number of nitrogens with zero attached hydrogens (tertiary/aromatic N) is 2. The molecule has 0 fully saturated rings. The highest BCUT2D eigenvalue weighted by molar-refractivity contribution is 7.99. The molecule has 1 amide bonds. The number of hydrogen-bond donors (Lipinski definition) is 0. The van der Waals surface area contributed by atoms with Crippen molar-refractivity contribution in [2.45, 2.75) is 38.1 Å². The van der Waals surface area contributed by atoms with E-state index < -0.39 is 0 Å². The van der Waals surface area contributed by atoms with Crippen molar-refractivity contribution >= 4 is 45.2 Å². The van der Waals surface area contributed by atoms with Gasteiger partial charge < -0.3 is 18.8 Å². The molecule has 0 aliphatic rings. The Morgan fingerprint density at radius 2 is 1.88 bits per heavy atom. The van der Waals surface area contributed by atoms with Gasteiger partial charge in [-0.1, -0.05) is 11.3 Å². The number of thiazole rings is 1. The highest BCUT2D eigenvalue weighted by atomic mass is 32.2. The van der Waals surface area contributed by atoms with E-state index >= 15 is 0 Å². The van der Waals surface area contributed by atoms with Gasteiger partial charge in [-0.2, -0.15) is 4.99 Å². The highest BCUT2D eigenvalue weighted by Gasteiger charge is 2.12. The summed E-state index contributed by atoms with van der Waals surface area (Å²) in [6.45, 7) is 5.75. The van der Waals surface area contributed by atoms with Gasteiger partial charge in [-0.05, 0) is 68.5 Å². The normalized spacial score (nSPS) is 11.7. The summed E-state index contributed by atoms with van der Waals surface area (Å²) < 4.78 is 18.7. The molecular weight excluding hydrogens is 472 g/mol. The van der Waals surface area contributed by atoms with Gasteiger partial charge >= 0.3 is 5.97 Å². The molecule has 0 aliphatic carbocycles. The van der Waals surface area contributed by atoms with Crippen LogP contribution >= 0.6 is 23.1 Å². The second kappa shape index (κ2) is 13.3. The molecule has 3 rings (SSSR count). The number of carbonyl (C=O) groups is 2. The van der Waals surface area contributed by atoms with Gasteiger partial charge in [0.1, 0.15) is 5.75 Å². The molecule has 0 saturated carbocycles. The van der Waals surface area contributed by atoms with Crippen LogP contribution in [0, 0.1) is 0 Å². The van der Waals surface area contributed by atoms with E-state index in [1.165, 1.54) is 11.3 Å². The van der Waals surface area contributed by atoms with E-state index in [4.69, 9.17) is 14.2 Å². The zero-order valence-electron chi connectivity index (χ0n) is 19.7. The first kappa shape index (κ1) is 26.0. The molecule has 3 aromatic rings. The number of hydrogen-bond acceptors (Lipinski definition) is 7. The average Bonchev–Trinajstić information content (AvgIpc) is 3.18. The zero-order chi connectivity index (χ0) is 24.3. The number of aromatic nitrogens is 1. The van der Waals surface area contributed by atoms with Crippen LogP contribution in [0.2, 0.25) is 0 Å². The lowest BCUT2D eigenvalue weighted by molar-refractivity contribution is -0.118. The number of amides is 1. The van der Waals surface area contributed by atoms with Gasteiger partial charge in [0.05, 0.1) is 36.1 Å². The molecule has 1 aromatic heterocycles. The number of ether oxygens (including phenoxy) is 3. The van der Waals surface area contributed by atoms with Crippen molar-refractivity contribution in [2.24, 2.45) is 4.99 Å². The van der Waals surface area contributed by atoms with E-state index in [1.807, 2.05) is 41.8 Å². The highest BCUT2D eigenvalue weighted by Crippen LogP contribution is 2.23. The third-order valence-corrected chi connectivity index (χ3v) is 7.08. The Morgan fingerprint density at radius 3 is 2.59 bits per heavy atom. The van der Waals surface area contributed by atoms with E-state index in [2.05, 4.69) is 4.99 Å². The summed E-state index contributed by atoms with van der Waals surface area (Å²) in [4.78, 5) is 30.9. The monoisotopic (exact) mass is 502 g/mol. The van der Waals surface area contributed by atoms with Crippen LogP contribution in [-0.2, 0) is 20.8 Å². The molecule has 0 aliphatic heterocycles. The summed E-state index contributed by atoms with van der Waals surface area (Å²) in [7, 11) is 1.65.